The molecule has 1 atom stereocenters. The molecule has 3 rings (SSSR count). The van der Waals surface area contributed by atoms with Gasteiger partial charge in [0.1, 0.15) is 5.52 Å². The molecule has 3 nitrogen and oxygen atoms in total. The van der Waals surface area contributed by atoms with Gasteiger partial charge in [-0.05, 0) is 29.8 Å². The number of para-hydroxylation sites is 2. The minimum absolute atomic E-state index is 0.0711. The number of aromatic nitrogens is 1. The average molecular weight is 305 g/mol. The van der Waals surface area contributed by atoms with Crippen LogP contribution in [0.1, 0.15) is 10.8 Å². The van der Waals surface area contributed by atoms with Crippen LogP contribution < -0.4 is 5.73 Å². The second-order valence-corrected chi connectivity index (χ2v) is 5.94. The van der Waals surface area contributed by atoms with Gasteiger partial charge in [-0.25, -0.2) is 4.98 Å². The summed E-state index contributed by atoms with van der Waals surface area (Å²) in [5, 5.41) is 1.41. The topological polar surface area (TPSA) is 52.0 Å². The highest BCUT2D eigenvalue weighted by Crippen LogP contribution is 2.36. The Hall–Kier alpha value is -1.49. The van der Waals surface area contributed by atoms with E-state index in [1.54, 1.807) is 0 Å². The number of nitrogens with two attached hydrogens (primary N) is 1. The number of hydrogen-bond acceptors (Lipinski definition) is 4. The molecular formula is C15H13ClN2OS. The minimum Gasteiger partial charge on any atom is -0.431 e. The monoisotopic (exact) mass is 304 g/mol. The van der Waals surface area contributed by atoms with Gasteiger partial charge in [0.15, 0.2) is 5.58 Å². The Bertz CT molecular complexity index is 695. The number of hydrogen-bond donors (Lipinski definition) is 1. The Morgan fingerprint density at radius 3 is 2.80 bits per heavy atom. The van der Waals surface area contributed by atoms with E-state index in [4.69, 9.17) is 21.8 Å². The largest absolute Gasteiger partial charge is 0.431 e. The van der Waals surface area contributed by atoms with Crippen molar-refractivity contribution < 1.29 is 4.42 Å². The zero-order chi connectivity index (χ0) is 13.9. The van der Waals surface area contributed by atoms with Crippen LogP contribution in [0.4, 0.5) is 0 Å². The predicted octanol–water partition coefficient (Wildman–Crippen LogP) is 4.27. The summed E-state index contributed by atoms with van der Waals surface area (Å²) >= 11 is 7.54. The highest BCUT2D eigenvalue weighted by Gasteiger charge is 2.16. The van der Waals surface area contributed by atoms with Gasteiger partial charge in [-0.15, -0.1) is 0 Å². The molecule has 0 radical (unpaired) electrons. The van der Waals surface area contributed by atoms with Crippen LogP contribution in [0.5, 0.6) is 0 Å². The first-order valence-electron chi connectivity index (χ1n) is 6.24. The van der Waals surface area contributed by atoms with Crippen molar-refractivity contribution in [1.82, 2.24) is 4.98 Å². The summed E-state index contributed by atoms with van der Waals surface area (Å²) in [6, 6.07) is 15.4. The summed E-state index contributed by atoms with van der Waals surface area (Å²) in [5.41, 5.74) is 8.59. The van der Waals surface area contributed by atoms with Crippen molar-refractivity contribution in [3.8, 4) is 0 Å². The predicted molar refractivity (Wildman–Crippen MR) is 83.1 cm³/mol. The number of halogens is 1. The molecule has 1 heterocycles. The molecule has 0 fully saturated rings. The van der Waals surface area contributed by atoms with Crippen molar-refractivity contribution in [2.75, 3.05) is 6.54 Å². The van der Waals surface area contributed by atoms with E-state index in [1.807, 2.05) is 48.5 Å². The van der Waals surface area contributed by atoms with Crippen molar-refractivity contribution in [3.63, 3.8) is 0 Å². The summed E-state index contributed by atoms with van der Waals surface area (Å²) in [5.74, 6) is 0. The molecule has 2 aromatic carbocycles. The molecule has 0 aliphatic heterocycles. The lowest BCUT2D eigenvalue weighted by atomic mass is 10.1. The van der Waals surface area contributed by atoms with Gasteiger partial charge in [0, 0.05) is 11.6 Å². The van der Waals surface area contributed by atoms with E-state index in [0.29, 0.717) is 16.8 Å². The maximum Gasteiger partial charge on any atom is 0.257 e. The van der Waals surface area contributed by atoms with Gasteiger partial charge < -0.3 is 10.2 Å². The van der Waals surface area contributed by atoms with Crippen LogP contribution in [0.15, 0.2) is 58.2 Å². The van der Waals surface area contributed by atoms with Crippen LogP contribution >= 0.6 is 23.4 Å². The fraction of sp³-hybridized carbons (Fsp3) is 0.133. The molecule has 102 valence electrons. The van der Waals surface area contributed by atoms with Crippen LogP contribution in [-0.4, -0.2) is 11.5 Å². The molecule has 2 N–H and O–H groups in total. The number of nitrogens with zero attached hydrogens (tertiary/aromatic N) is 1. The first kappa shape index (κ1) is 13.5. The lowest BCUT2D eigenvalue weighted by molar-refractivity contribution is 0.488. The van der Waals surface area contributed by atoms with E-state index in [2.05, 4.69) is 4.98 Å². The SMILES string of the molecule is NCC(Sc1nc2ccccc2o1)c1cccc(Cl)c1. The molecule has 0 bridgehead atoms. The van der Waals surface area contributed by atoms with Crippen molar-refractivity contribution in [2.45, 2.75) is 10.5 Å². The standard InChI is InChI=1S/C15H13ClN2OS/c16-11-5-3-4-10(8-11)14(9-17)20-15-18-12-6-1-2-7-13(12)19-15/h1-8,14H,9,17H2. The van der Waals surface area contributed by atoms with Gasteiger partial charge in [-0.3, -0.25) is 0 Å². The van der Waals surface area contributed by atoms with E-state index < -0.39 is 0 Å². The highest BCUT2D eigenvalue weighted by atomic mass is 35.5. The summed E-state index contributed by atoms with van der Waals surface area (Å²) in [7, 11) is 0. The van der Waals surface area contributed by atoms with E-state index in [0.717, 1.165) is 16.7 Å². The summed E-state index contributed by atoms with van der Waals surface area (Å²) < 4.78 is 5.72. The molecule has 0 amide bonds. The van der Waals surface area contributed by atoms with Crippen molar-refractivity contribution in [1.29, 1.82) is 0 Å². The molecule has 0 aliphatic rings. The first-order chi connectivity index (χ1) is 9.76. The summed E-state index contributed by atoms with van der Waals surface area (Å²) in [6.45, 7) is 0.490. The van der Waals surface area contributed by atoms with Crippen LogP contribution in [0.2, 0.25) is 5.02 Å². The third-order valence-corrected chi connectivity index (χ3v) is 4.31. The third-order valence-electron chi connectivity index (χ3n) is 2.95. The van der Waals surface area contributed by atoms with Crippen LogP contribution in [0, 0.1) is 0 Å². The molecular weight excluding hydrogens is 292 g/mol. The third kappa shape index (κ3) is 2.82. The van der Waals surface area contributed by atoms with Gasteiger partial charge in [-0.1, -0.05) is 47.6 Å². The molecule has 5 heteroatoms. The number of benzene rings is 2. The number of oxazole rings is 1. The minimum atomic E-state index is 0.0711. The van der Waals surface area contributed by atoms with Gasteiger partial charge >= 0.3 is 0 Å². The Balaban J connectivity index is 1.87. The fourth-order valence-corrected chi connectivity index (χ4v) is 3.09. The maximum atomic E-state index is 6.02. The average Bonchev–Trinajstić information content (AvgIpc) is 2.87. The lowest BCUT2D eigenvalue weighted by Crippen LogP contribution is -2.09. The molecule has 3 aromatic rings. The van der Waals surface area contributed by atoms with Gasteiger partial charge in [0.2, 0.25) is 0 Å². The van der Waals surface area contributed by atoms with E-state index in [1.165, 1.54) is 11.8 Å². The molecule has 1 aromatic heterocycles. The summed E-state index contributed by atoms with van der Waals surface area (Å²) in [6.07, 6.45) is 0. The second kappa shape index (κ2) is 5.87. The van der Waals surface area contributed by atoms with Crippen molar-refractivity contribution >= 4 is 34.5 Å². The van der Waals surface area contributed by atoms with Crippen molar-refractivity contribution in [2.24, 2.45) is 5.73 Å². The molecule has 0 saturated heterocycles. The molecule has 0 saturated carbocycles. The van der Waals surface area contributed by atoms with Gasteiger partial charge in [0.05, 0.1) is 5.25 Å². The Labute approximate surface area is 126 Å². The van der Waals surface area contributed by atoms with E-state index in [-0.39, 0.29) is 5.25 Å². The first-order valence-corrected chi connectivity index (χ1v) is 7.50. The second-order valence-electron chi connectivity index (χ2n) is 4.34. The number of fused-ring (bicyclic) bond motifs is 1. The lowest BCUT2D eigenvalue weighted by Gasteiger charge is -2.12. The molecule has 0 spiro atoms. The quantitative estimate of drug-likeness (QED) is 0.731. The molecule has 1 unspecified atom stereocenters. The van der Waals surface area contributed by atoms with E-state index in [9.17, 15) is 0 Å². The Morgan fingerprint density at radius 2 is 2.05 bits per heavy atom. The normalized spacial score (nSPS) is 12.7. The van der Waals surface area contributed by atoms with Crippen molar-refractivity contribution in [3.05, 3.63) is 59.1 Å². The van der Waals surface area contributed by atoms with Gasteiger partial charge in [0.25, 0.3) is 5.22 Å². The summed E-state index contributed by atoms with van der Waals surface area (Å²) in [4.78, 5) is 4.46. The zero-order valence-electron chi connectivity index (χ0n) is 10.6. The smallest absolute Gasteiger partial charge is 0.257 e. The van der Waals surface area contributed by atoms with Crippen LogP contribution in [0.3, 0.4) is 0 Å². The highest BCUT2D eigenvalue weighted by molar-refractivity contribution is 7.99. The van der Waals surface area contributed by atoms with Crippen LogP contribution in [-0.2, 0) is 0 Å². The van der Waals surface area contributed by atoms with E-state index >= 15 is 0 Å². The maximum absolute atomic E-state index is 6.02. The molecule has 20 heavy (non-hydrogen) atoms. The Morgan fingerprint density at radius 1 is 1.20 bits per heavy atom. The van der Waals surface area contributed by atoms with Crippen LogP contribution in [0.25, 0.3) is 11.1 Å². The fourth-order valence-electron chi connectivity index (χ4n) is 1.98. The zero-order valence-corrected chi connectivity index (χ0v) is 12.2. The molecule has 0 aliphatic carbocycles. The number of rotatable bonds is 4. The Kier molecular flexibility index (Phi) is 3.96. The number of thioether (sulfide) groups is 1. The van der Waals surface area contributed by atoms with Gasteiger partial charge in [-0.2, -0.15) is 0 Å².